The minimum Gasteiger partial charge on any atom is -0.455 e. The molecular formula is C21H21NO. The Morgan fingerprint density at radius 1 is 1.00 bits per heavy atom. The minimum atomic E-state index is 0.159. The Bertz CT molecular complexity index is 943. The number of furan rings is 1. The van der Waals surface area contributed by atoms with Crippen LogP contribution in [0, 0.1) is 0 Å². The quantitative estimate of drug-likeness (QED) is 0.646. The molecule has 0 saturated heterocycles. The van der Waals surface area contributed by atoms with Crippen molar-refractivity contribution < 1.29 is 4.42 Å². The highest BCUT2D eigenvalue weighted by atomic mass is 16.3. The van der Waals surface area contributed by atoms with Crippen molar-refractivity contribution in [2.24, 2.45) is 0 Å². The van der Waals surface area contributed by atoms with Gasteiger partial charge >= 0.3 is 0 Å². The zero-order valence-electron chi connectivity index (χ0n) is 13.8. The predicted octanol–water partition coefficient (Wildman–Crippen LogP) is 5.81. The van der Waals surface area contributed by atoms with Gasteiger partial charge in [-0.3, -0.25) is 0 Å². The molecule has 1 aromatic heterocycles. The van der Waals surface area contributed by atoms with Gasteiger partial charge in [-0.1, -0.05) is 61.9 Å². The zero-order chi connectivity index (χ0) is 16.0. The SMILES string of the molecule is CC1=CC(c2cccc3c2oc2c(C(C)C)cccc23)NC=C1. The monoisotopic (exact) mass is 303 g/mol. The third-order valence-corrected chi connectivity index (χ3v) is 4.59. The number of benzene rings is 2. The highest BCUT2D eigenvalue weighted by Crippen LogP contribution is 2.37. The van der Waals surface area contributed by atoms with E-state index < -0.39 is 0 Å². The van der Waals surface area contributed by atoms with Gasteiger partial charge in [-0.25, -0.2) is 0 Å². The third-order valence-electron chi connectivity index (χ3n) is 4.59. The first-order valence-corrected chi connectivity index (χ1v) is 8.20. The van der Waals surface area contributed by atoms with E-state index >= 15 is 0 Å². The molecule has 4 rings (SSSR count). The van der Waals surface area contributed by atoms with Crippen LogP contribution in [0.2, 0.25) is 0 Å². The maximum atomic E-state index is 6.37. The van der Waals surface area contributed by atoms with Gasteiger partial charge in [0.05, 0.1) is 6.04 Å². The van der Waals surface area contributed by atoms with E-state index in [0.717, 1.165) is 11.2 Å². The lowest BCUT2D eigenvalue weighted by Gasteiger charge is -2.18. The van der Waals surface area contributed by atoms with Gasteiger partial charge in [-0.15, -0.1) is 0 Å². The van der Waals surface area contributed by atoms with Crippen molar-refractivity contribution in [3.05, 3.63) is 71.5 Å². The lowest BCUT2D eigenvalue weighted by atomic mass is 9.98. The van der Waals surface area contributed by atoms with Crippen molar-refractivity contribution in [1.29, 1.82) is 0 Å². The van der Waals surface area contributed by atoms with Crippen LogP contribution in [-0.4, -0.2) is 0 Å². The van der Waals surface area contributed by atoms with Gasteiger partial charge in [-0.05, 0) is 30.7 Å². The molecule has 0 bridgehead atoms. The van der Waals surface area contributed by atoms with Crippen LogP contribution < -0.4 is 5.32 Å². The third kappa shape index (κ3) is 2.26. The van der Waals surface area contributed by atoms with Crippen LogP contribution in [0.1, 0.15) is 43.9 Å². The average molecular weight is 303 g/mol. The van der Waals surface area contributed by atoms with Crippen LogP contribution in [0.4, 0.5) is 0 Å². The van der Waals surface area contributed by atoms with Crippen molar-refractivity contribution in [2.75, 3.05) is 0 Å². The minimum absolute atomic E-state index is 0.159. The van der Waals surface area contributed by atoms with Crippen molar-refractivity contribution in [3.8, 4) is 0 Å². The van der Waals surface area contributed by atoms with E-state index in [1.165, 1.54) is 27.5 Å². The second-order valence-electron chi connectivity index (χ2n) is 6.59. The first-order valence-electron chi connectivity index (χ1n) is 8.20. The molecule has 2 aromatic carbocycles. The van der Waals surface area contributed by atoms with E-state index in [0.29, 0.717) is 5.92 Å². The van der Waals surface area contributed by atoms with E-state index in [1.54, 1.807) is 0 Å². The molecule has 3 aromatic rings. The van der Waals surface area contributed by atoms with Crippen molar-refractivity contribution in [3.63, 3.8) is 0 Å². The number of fused-ring (bicyclic) bond motifs is 3. The van der Waals surface area contributed by atoms with E-state index in [9.17, 15) is 0 Å². The number of nitrogens with one attached hydrogen (secondary N) is 1. The van der Waals surface area contributed by atoms with Gasteiger partial charge in [0.25, 0.3) is 0 Å². The molecule has 2 nitrogen and oxygen atoms in total. The highest BCUT2D eigenvalue weighted by Gasteiger charge is 2.19. The Morgan fingerprint density at radius 3 is 2.48 bits per heavy atom. The van der Waals surface area contributed by atoms with Gasteiger partial charge in [0.2, 0.25) is 0 Å². The van der Waals surface area contributed by atoms with Crippen LogP contribution in [-0.2, 0) is 0 Å². The van der Waals surface area contributed by atoms with Crippen LogP contribution in [0.3, 0.4) is 0 Å². The fourth-order valence-corrected chi connectivity index (χ4v) is 3.39. The van der Waals surface area contributed by atoms with Gasteiger partial charge in [-0.2, -0.15) is 0 Å². The first-order chi connectivity index (χ1) is 11.1. The molecule has 1 atom stereocenters. The molecule has 116 valence electrons. The summed E-state index contributed by atoms with van der Waals surface area (Å²) in [4.78, 5) is 0. The first kappa shape index (κ1) is 14.1. The number of allylic oxidation sites excluding steroid dienone is 2. The second kappa shape index (κ2) is 5.31. The Balaban J connectivity index is 1.99. The molecule has 1 unspecified atom stereocenters. The van der Waals surface area contributed by atoms with Gasteiger partial charge in [0.15, 0.2) is 0 Å². The van der Waals surface area contributed by atoms with Crippen molar-refractivity contribution >= 4 is 21.9 Å². The maximum Gasteiger partial charge on any atom is 0.141 e. The fraction of sp³-hybridized carbons (Fsp3) is 0.238. The summed E-state index contributed by atoms with van der Waals surface area (Å²) in [6, 6.07) is 13.0. The molecule has 2 heterocycles. The summed E-state index contributed by atoms with van der Waals surface area (Å²) in [5, 5.41) is 5.83. The lowest BCUT2D eigenvalue weighted by molar-refractivity contribution is 0.639. The summed E-state index contributed by atoms with van der Waals surface area (Å²) < 4.78 is 6.37. The summed E-state index contributed by atoms with van der Waals surface area (Å²) in [6.07, 6.45) is 6.35. The number of dihydropyridines is 1. The number of hydrogen-bond donors (Lipinski definition) is 1. The zero-order valence-corrected chi connectivity index (χ0v) is 13.8. The van der Waals surface area contributed by atoms with Gasteiger partial charge in [0, 0.05) is 16.3 Å². The normalized spacial score (nSPS) is 17.7. The molecule has 0 radical (unpaired) electrons. The molecule has 0 saturated carbocycles. The molecule has 0 fully saturated rings. The molecule has 0 aliphatic carbocycles. The Morgan fingerprint density at radius 2 is 1.74 bits per heavy atom. The average Bonchev–Trinajstić information content (AvgIpc) is 2.93. The fourth-order valence-electron chi connectivity index (χ4n) is 3.39. The van der Waals surface area contributed by atoms with Gasteiger partial charge in [0.1, 0.15) is 11.2 Å². The molecule has 1 N–H and O–H groups in total. The van der Waals surface area contributed by atoms with Crippen LogP contribution in [0.25, 0.3) is 21.9 Å². The standard InChI is InChI=1S/C21H21NO/c1-13(2)15-6-4-7-16-17-8-5-9-18(21(17)23-20(15)16)19-12-14(3)10-11-22-19/h4-13,19,22H,1-3H3. The van der Waals surface area contributed by atoms with E-state index in [1.807, 2.05) is 6.20 Å². The molecule has 1 aliphatic heterocycles. The highest BCUT2D eigenvalue weighted by molar-refractivity contribution is 6.07. The van der Waals surface area contributed by atoms with Crippen molar-refractivity contribution in [2.45, 2.75) is 32.7 Å². The summed E-state index contributed by atoms with van der Waals surface area (Å²) in [5.74, 6) is 0.445. The summed E-state index contributed by atoms with van der Waals surface area (Å²) >= 11 is 0. The van der Waals surface area contributed by atoms with E-state index in [4.69, 9.17) is 4.42 Å². The number of hydrogen-bond acceptors (Lipinski definition) is 2. The molecular weight excluding hydrogens is 282 g/mol. The van der Waals surface area contributed by atoms with E-state index in [2.05, 4.69) is 74.6 Å². The van der Waals surface area contributed by atoms with Crippen LogP contribution in [0.15, 0.2) is 64.7 Å². The second-order valence-corrected chi connectivity index (χ2v) is 6.59. The Kier molecular flexibility index (Phi) is 3.26. The summed E-state index contributed by atoms with van der Waals surface area (Å²) in [5.41, 5.74) is 5.75. The molecule has 0 amide bonds. The smallest absolute Gasteiger partial charge is 0.141 e. The predicted molar refractivity (Wildman–Crippen MR) is 96.6 cm³/mol. The van der Waals surface area contributed by atoms with Crippen LogP contribution in [0.5, 0.6) is 0 Å². The van der Waals surface area contributed by atoms with E-state index in [-0.39, 0.29) is 6.04 Å². The topological polar surface area (TPSA) is 25.2 Å². The number of rotatable bonds is 2. The summed E-state index contributed by atoms with van der Waals surface area (Å²) in [6.45, 7) is 6.55. The Hall–Kier alpha value is -2.48. The van der Waals surface area contributed by atoms with Crippen molar-refractivity contribution in [1.82, 2.24) is 5.32 Å². The Labute approximate surface area is 136 Å². The van der Waals surface area contributed by atoms with Gasteiger partial charge < -0.3 is 9.73 Å². The molecule has 0 spiro atoms. The maximum absolute atomic E-state index is 6.37. The number of para-hydroxylation sites is 2. The molecule has 1 aliphatic rings. The molecule has 2 heteroatoms. The largest absolute Gasteiger partial charge is 0.455 e. The van der Waals surface area contributed by atoms with Crippen LogP contribution >= 0.6 is 0 Å². The molecule has 23 heavy (non-hydrogen) atoms. The lowest BCUT2D eigenvalue weighted by Crippen LogP contribution is -2.16. The summed E-state index contributed by atoms with van der Waals surface area (Å²) in [7, 11) is 0.